The Bertz CT molecular complexity index is 553. The van der Waals surface area contributed by atoms with Crippen LogP contribution < -0.4 is 0 Å². The van der Waals surface area contributed by atoms with Gasteiger partial charge in [0, 0.05) is 0 Å². The molecule has 2 aliphatic carbocycles. The van der Waals surface area contributed by atoms with Crippen molar-refractivity contribution in [3.63, 3.8) is 0 Å². The molecule has 0 aromatic rings. The lowest BCUT2D eigenvalue weighted by Gasteiger charge is -2.23. The van der Waals surface area contributed by atoms with Crippen molar-refractivity contribution in [2.75, 3.05) is 0 Å². The van der Waals surface area contributed by atoms with E-state index in [1.54, 1.807) is 0 Å². The lowest BCUT2D eigenvalue weighted by molar-refractivity contribution is 0.501. The Morgan fingerprint density at radius 2 is 1.15 bits per heavy atom. The van der Waals surface area contributed by atoms with Crippen molar-refractivity contribution in [1.82, 2.24) is 0 Å². The third kappa shape index (κ3) is 2.57. The molecule has 0 N–H and O–H groups in total. The average molecular weight is 270 g/mol. The van der Waals surface area contributed by atoms with Crippen molar-refractivity contribution < 1.29 is 0 Å². The van der Waals surface area contributed by atoms with Gasteiger partial charge in [-0.25, -0.2) is 0 Å². The van der Waals surface area contributed by atoms with Crippen LogP contribution in [0.15, 0.2) is 46.1 Å². The highest BCUT2D eigenvalue weighted by molar-refractivity contribution is 5.72. The minimum atomic E-state index is 0.200. The highest BCUT2D eigenvalue weighted by atomic mass is 14.4. The second-order valence-corrected chi connectivity index (χ2v) is 9.29. The summed E-state index contributed by atoms with van der Waals surface area (Å²) < 4.78 is 0. The molecule has 0 radical (unpaired) electrons. The first kappa shape index (κ1) is 15.4. The van der Waals surface area contributed by atoms with Gasteiger partial charge >= 0.3 is 0 Å². The molecule has 0 heterocycles. The van der Waals surface area contributed by atoms with Crippen LogP contribution in [-0.4, -0.2) is 0 Å². The second-order valence-electron chi connectivity index (χ2n) is 9.29. The minimum Gasteiger partial charge on any atom is -0.0561 e. The molecule has 0 amide bonds. The van der Waals surface area contributed by atoms with E-state index < -0.39 is 0 Å². The lowest BCUT2D eigenvalue weighted by atomic mass is 9.81. The number of hydrogen-bond donors (Lipinski definition) is 0. The van der Waals surface area contributed by atoms with Gasteiger partial charge in [-0.1, -0.05) is 80.5 Å². The molecule has 0 saturated carbocycles. The summed E-state index contributed by atoms with van der Waals surface area (Å²) in [7, 11) is 0. The van der Waals surface area contributed by atoms with Gasteiger partial charge in [0.05, 0.1) is 0 Å². The Kier molecular flexibility index (Phi) is 3.24. The van der Waals surface area contributed by atoms with Gasteiger partial charge < -0.3 is 0 Å². The molecule has 0 aromatic carbocycles. The van der Waals surface area contributed by atoms with Crippen LogP contribution in [0.5, 0.6) is 0 Å². The first-order valence-electron chi connectivity index (χ1n) is 7.73. The van der Waals surface area contributed by atoms with Crippen LogP contribution in [0, 0.1) is 16.2 Å². The predicted octanol–water partition coefficient (Wildman–Crippen LogP) is 6.23. The van der Waals surface area contributed by atoms with Gasteiger partial charge in [0.1, 0.15) is 0 Å². The third-order valence-electron chi connectivity index (χ3n) is 4.24. The molecular formula is C20H30. The van der Waals surface area contributed by atoms with E-state index >= 15 is 0 Å². The van der Waals surface area contributed by atoms with Crippen molar-refractivity contribution in [3.05, 3.63) is 46.1 Å². The lowest BCUT2D eigenvalue weighted by Crippen LogP contribution is -2.11. The van der Waals surface area contributed by atoms with E-state index in [-0.39, 0.29) is 16.2 Å². The Hall–Kier alpha value is -1.04. The van der Waals surface area contributed by atoms with Crippen LogP contribution >= 0.6 is 0 Å². The molecule has 2 rings (SSSR count). The van der Waals surface area contributed by atoms with Crippen LogP contribution in [0.2, 0.25) is 0 Å². The van der Waals surface area contributed by atoms with Crippen LogP contribution in [0.4, 0.5) is 0 Å². The fourth-order valence-corrected chi connectivity index (χ4v) is 2.93. The molecule has 20 heavy (non-hydrogen) atoms. The van der Waals surface area contributed by atoms with Crippen LogP contribution in [0.25, 0.3) is 0 Å². The zero-order chi connectivity index (χ0) is 15.5. The molecule has 0 heteroatoms. The van der Waals surface area contributed by atoms with Gasteiger partial charge in [0.2, 0.25) is 0 Å². The number of allylic oxidation sites excluding steroid dienone is 8. The van der Waals surface area contributed by atoms with Crippen molar-refractivity contribution in [2.45, 2.75) is 62.3 Å². The summed E-state index contributed by atoms with van der Waals surface area (Å²) in [5.41, 5.74) is 7.99. The average Bonchev–Trinajstić information content (AvgIpc) is 2.67. The van der Waals surface area contributed by atoms with Gasteiger partial charge in [-0.15, -0.1) is 0 Å². The van der Waals surface area contributed by atoms with E-state index in [1.807, 2.05) is 0 Å². The summed E-state index contributed by atoms with van der Waals surface area (Å²) in [5.74, 6) is 0. The molecule has 0 bridgehead atoms. The van der Waals surface area contributed by atoms with E-state index in [2.05, 4.69) is 80.5 Å². The Balaban J connectivity index is 2.61. The summed E-state index contributed by atoms with van der Waals surface area (Å²) in [4.78, 5) is 0. The normalized spacial score (nSPS) is 19.9. The standard InChI is InChI=1S/C20H30/c1-18(2,3)13-10-14-15(11-13)17(20(7,8)9)12-16(14)19(4,5)6/h10-12H,1-9H3. The quantitative estimate of drug-likeness (QED) is 0.489. The molecule has 0 unspecified atom stereocenters. The highest BCUT2D eigenvalue weighted by Gasteiger charge is 2.36. The Morgan fingerprint density at radius 1 is 0.600 bits per heavy atom. The zero-order valence-corrected chi connectivity index (χ0v) is 14.7. The number of fused-ring (bicyclic) bond motifs is 1. The van der Waals surface area contributed by atoms with E-state index in [0.717, 1.165) is 0 Å². The number of rotatable bonds is 0. The number of hydrogen-bond acceptors (Lipinski definition) is 0. The van der Waals surface area contributed by atoms with Crippen LogP contribution in [0.3, 0.4) is 0 Å². The smallest absolute Gasteiger partial charge is 0.0126 e. The van der Waals surface area contributed by atoms with E-state index in [4.69, 9.17) is 0 Å². The maximum atomic E-state index is 2.44. The Morgan fingerprint density at radius 3 is 1.55 bits per heavy atom. The summed E-state index contributed by atoms with van der Waals surface area (Å²) in [5, 5.41) is 0. The molecular weight excluding hydrogens is 240 g/mol. The molecule has 0 fully saturated rings. The SMILES string of the molecule is CC(C)(C)C1=CC2=C(C(C)(C)C)C=C(C(C)(C)C)C2=C1. The maximum absolute atomic E-state index is 2.44. The fraction of sp³-hybridized carbons (Fsp3) is 0.600. The molecule has 0 aliphatic heterocycles. The van der Waals surface area contributed by atoms with Gasteiger partial charge in [-0.2, -0.15) is 0 Å². The topological polar surface area (TPSA) is 0 Å². The second kappa shape index (κ2) is 4.23. The molecule has 2 aliphatic rings. The van der Waals surface area contributed by atoms with Gasteiger partial charge in [0.25, 0.3) is 0 Å². The first-order valence-corrected chi connectivity index (χ1v) is 7.73. The van der Waals surface area contributed by atoms with E-state index in [1.165, 1.54) is 27.9 Å². The van der Waals surface area contributed by atoms with Crippen molar-refractivity contribution in [1.29, 1.82) is 0 Å². The third-order valence-corrected chi connectivity index (χ3v) is 4.24. The zero-order valence-electron chi connectivity index (χ0n) is 14.7. The highest BCUT2D eigenvalue weighted by Crippen LogP contribution is 2.51. The van der Waals surface area contributed by atoms with Crippen molar-refractivity contribution in [3.8, 4) is 0 Å². The van der Waals surface area contributed by atoms with Crippen molar-refractivity contribution in [2.24, 2.45) is 16.2 Å². The van der Waals surface area contributed by atoms with Crippen LogP contribution in [0.1, 0.15) is 62.3 Å². The fourth-order valence-electron chi connectivity index (χ4n) is 2.93. The maximum Gasteiger partial charge on any atom is -0.0126 e. The van der Waals surface area contributed by atoms with Crippen molar-refractivity contribution >= 4 is 0 Å². The van der Waals surface area contributed by atoms with E-state index in [9.17, 15) is 0 Å². The molecule has 0 saturated heterocycles. The first-order chi connectivity index (χ1) is 8.82. The largest absolute Gasteiger partial charge is 0.0561 e. The van der Waals surface area contributed by atoms with Gasteiger partial charge in [0.15, 0.2) is 0 Å². The molecule has 0 atom stereocenters. The summed E-state index contributed by atoms with van der Waals surface area (Å²) in [6.45, 7) is 20.8. The molecule has 0 spiro atoms. The summed E-state index contributed by atoms with van der Waals surface area (Å²) >= 11 is 0. The monoisotopic (exact) mass is 270 g/mol. The predicted molar refractivity (Wildman–Crippen MR) is 89.6 cm³/mol. The molecule has 110 valence electrons. The summed E-state index contributed by atoms with van der Waals surface area (Å²) in [6.07, 6.45) is 7.29. The Labute approximate surface area is 125 Å². The summed E-state index contributed by atoms with van der Waals surface area (Å²) in [6, 6.07) is 0. The minimum absolute atomic E-state index is 0.200. The van der Waals surface area contributed by atoms with Crippen LogP contribution in [-0.2, 0) is 0 Å². The van der Waals surface area contributed by atoms with Gasteiger partial charge in [-0.05, 0) is 44.1 Å². The van der Waals surface area contributed by atoms with E-state index in [0.29, 0.717) is 0 Å². The van der Waals surface area contributed by atoms with Gasteiger partial charge in [-0.3, -0.25) is 0 Å². The molecule has 0 aromatic heterocycles. The molecule has 0 nitrogen and oxygen atoms in total.